The number of benzene rings is 2. The second-order valence-electron chi connectivity index (χ2n) is 6.31. The lowest BCUT2D eigenvalue weighted by Gasteiger charge is -2.08. The number of aromatic nitrogens is 1. The Kier molecular flexibility index (Phi) is 5.21. The SMILES string of the molecule is O=C(N/N=C\c1ccc(-c2ccc([N+](=O)[O-])cc2)o1)c1ccccc1-n1cccc1. The number of hydrogen-bond donors (Lipinski definition) is 1. The van der Waals surface area contributed by atoms with Crippen LogP contribution in [-0.4, -0.2) is 21.6 Å². The van der Waals surface area contributed by atoms with Gasteiger partial charge in [-0.15, -0.1) is 0 Å². The highest BCUT2D eigenvalue weighted by Crippen LogP contribution is 2.24. The van der Waals surface area contributed by atoms with E-state index < -0.39 is 4.92 Å². The van der Waals surface area contributed by atoms with Crippen LogP contribution in [0.3, 0.4) is 0 Å². The minimum Gasteiger partial charge on any atom is -0.455 e. The van der Waals surface area contributed by atoms with Crippen LogP contribution in [-0.2, 0) is 0 Å². The molecule has 2 heterocycles. The lowest BCUT2D eigenvalue weighted by Crippen LogP contribution is -2.19. The van der Waals surface area contributed by atoms with Crippen LogP contribution in [0.4, 0.5) is 5.69 Å². The van der Waals surface area contributed by atoms with Crippen LogP contribution >= 0.6 is 0 Å². The van der Waals surface area contributed by atoms with Crippen molar-refractivity contribution in [2.75, 3.05) is 0 Å². The van der Waals surface area contributed by atoms with Crippen molar-refractivity contribution in [2.24, 2.45) is 5.10 Å². The van der Waals surface area contributed by atoms with Gasteiger partial charge in [0.15, 0.2) is 0 Å². The van der Waals surface area contributed by atoms with Gasteiger partial charge in [-0.1, -0.05) is 12.1 Å². The Bertz CT molecular complexity index is 1210. The van der Waals surface area contributed by atoms with E-state index in [9.17, 15) is 14.9 Å². The monoisotopic (exact) mass is 400 g/mol. The highest BCUT2D eigenvalue weighted by Gasteiger charge is 2.11. The minimum atomic E-state index is -0.457. The van der Waals surface area contributed by atoms with Crippen LogP contribution in [0, 0.1) is 10.1 Å². The van der Waals surface area contributed by atoms with E-state index in [1.54, 1.807) is 36.4 Å². The summed E-state index contributed by atoms with van der Waals surface area (Å²) < 4.78 is 7.51. The maximum absolute atomic E-state index is 12.5. The molecule has 2 aromatic carbocycles. The van der Waals surface area contributed by atoms with E-state index >= 15 is 0 Å². The Labute approximate surface area is 171 Å². The summed E-state index contributed by atoms with van der Waals surface area (Å²) in [6, 6.07) is 20.4. The van der Waals surface area contributed by atoms with Gasteiger partial charge < -0.3 is 8.98 Å². The van der Waals surface area contributed by atoms with Gasteiger partial charge in [0.05, 0.1) is 22.4 Å². The van der Waals surface area contributed by atoms with Crippen molar-refractivity contribution in [3.63, 3.8) is 0 Å². The zero-order valence-electron chi connectivity index (χ0n) is 15.6. The Morgan fingerprint density at radius 2 is 1.73 bits per heavy atom. The first-order valence-corrected chi connectivity index (χ1v) is 9.02. The first kappa shape index (κ1) is 18.9. The van der Waals surface area contributed by atoms with Gasteiger partial charge in [-0.25, -0.2) is 5.43 Å². The molecular formula is C22H16N4O4. The van der Waals surface area contributed by atoms with Crippen LogP contribution in [0.5, 0.6) is 0 Å². The highest BCUT2D eigenvalue weighted by molar-refractivity contribution is 5.98. The summed E-state index contributed by atoms with van der Waals surface area (Å²) in [4.78, 5) is 22.8. The van der Waals surface area contributed by atoms with Crippen molar-refractivity contribution in [1.82, 2.24) is 9.99 Å². The molecule has 0 bridgehead atoms. The first-order valence-electron chi connectivity index (χ1n) is 9.02. The number of carbonyl (C=O) groups is 1. The predicted molar refractivity (Wildman–Crippen MR) is 112 cm³/mol. The van der Waals surface area contributed by atoms with Gasteiger partial charge in [-0.3, -0.25) is 14.9 Å². The molecule has 0 spiro atoms. The predicted octanol–water partition coefficient (Wildman–Crippen LogP) is 4.41. The maximum Gasteiger partial charge on any atom is 0.273 e. The second kappa shape index (κ2) is 8.27. The second-order valence-corrected chi connectivity index (χ2v) is 6.31. The normalized spacial score (nSPS) is 10.9. The summed E-state index contributed by atoms with van der Waals surface area (Å²) in [6.45, 7) is 0. The van der Waals surface area contributed by atoms with Gasteiger partial charge in [-0.2, -0.15) is 5.10 Å². The Hall–Kier alpha value is -4.46. The summed E-state index contributed by atoms with van der Waals surface area (Å²) in [5, 5.41) is 14.7. The van der Waals surface area contributed by atoms with Crippen molar-refractivity contribution < 1.29 is 14.1 Å². The van der Waals surface area contributed by atoms with E-state index in [2.05, 4.69) is 10.5 Å². The zero-order chi connectivity index (χ0) is 20.9. The molecule has 8 heteroatoms. The van der Waals surface area contributed by atoms with E-state index in [1.807, 2.05) is 41.2 Å². The largest absolute Gasteiger partial charge is 0.455 e. The van der Waals surface area contributed by atoms with E-state index in [0.717, 1.165) is 5.69 Å². The number of carbonyl (C=O) groups excluding carboxylic acids is 1. The summed E-state index contributed by atoms with van der Waals surface area (Å²) in [5.74, 6) is 0.621. The lowest BCUT2D eigenvalue weighted by atomic mass is 10.1. The molecule has 1 N–H and O–H groups in total. The number of rotatable bonds is 6. The van der Waals surface area contributed by atoms with Crippen molar-refractivity contribution in [2.45, 2.75) is 0 Å². The molecule has 0 aliphatic rings. The van der Waals surface area contributed by atoms with E-state index in [1.165, 1.54) is 18.3 Å². The number of nitro groups is 1. The number of non-ortho nitro benzene ring substituents is 1. The molecule has 0 saturated heterocycles. The quantitative estimate of drug-likeness (QED) is 0.294. The number of amides is 1. The van der Waals surface area contributed by atoms with E-state index in [0.29, 0.717) is 22.6 Å². The molecule has 2 aromatic heterocycles. The fourth-order valence-corrected chi connectivity index (χ4v) is 2.93. The summed E-state index contributed by atoms with van der Waals surface area (Å²) in [7, 11) is 0. The van der Waals surface area contributed by atoms with Crippen LogP contribution in [0.25, 0.3) is 17.0 Å². The van der Waals surface area contributed by atoms with Gasteiger partial charge >= 0.3 is 0 Å². The maximum atomic E-state index is 12.5. The molecule has 4 aromatic rings. The summed E-state index contributed by atoms with van der Waals surface area (Å²) in [5.41, 5.74) is 4.44. The zero-order valence-corrected chi connectivity index (χ0v) is 15.6. The van der Waals surface area contributed by atoms with Gasteiger partial charge in [-0.05, 0) is 48.5 Å². The summed E-state index contributed by atoms with van der Waals surface area (Å²) in [6.07, 6.45) is 5.11. The third-order valence-electron chi connectivity index (χ3n) is 4.38. The van der Waals surface area contributed by atoms with Gasteiger partial charge in [0.25, 0.3) is 11.6 Å². The van der Waals surface area contributed by atoms with Crippen molar-refractivity contribution in [3.8, 4) is 17.0 Å². The van der Waals surface area contributed by atoms with E-state index in [-0.39, 0.29) is 11.6 Å². The fourth-order valence-electron chi connectivity index (χ4n) is 2.93. The van der Waals surface area contributed by atoms with Crippen LogP contribution in [0.15, 0.2) is 94.7 Å². The van der Waals surface area contributed by atoms with Crippen LogP contribution < -0.4 is 5.43 Å². The molecule has 148 valence electrons. The first-order chi connectivity index (χ1) is 14.6. The van der Waals surface area contributed by atoms with Crippen molar-refractivity contribution in [3.05, 3.63) is 107 Å². The van der Waals surface area contributed by atoms with Crippen LogP contribution in [0.2, 0.25) is 0 Å². The standard InChI is InChI=1S/C22H16N4O4/c27-22(19-5-1-2-6-20(19)25-13-3-4-14-25)24-23-15-18-11-12-21(30-18)16-7-9-17(10-8-16)26(28)29/h1-15H,(H,24,27)/b23-15-. The van der Waals surface area contributed by atoms with E-state index in [4.69, 9.17) is 4.42 Å². The number of furan rings is 1. The molecule has 1 amide bonds. The molecule has 30 heavy (non-hydrogen) atoms. The molecule has 8 nitrogen and oxygen atoms in total. The minimum absolute atomic E-state index is 0.00926. The fraction of sp³-hybridized carbons (Fsp3) is 0. The molecule has 4 rings (SSSR count). The molecule has 0 radical (unpaired) electrons. The lowest BCUT2D eigenvalue weighted by molar-refractivity contribution is -0.384. The third-order valence-corrected chi connectivity index (χ3v) is 4.38. The Morgan fingerprint density at radius 1 is 1.00 bits per heavy atom. The van der Waals surface area contributed by atoms with Crippen molar-refractivity contribution in [1.29, 1.82) is 0 Å². The Morgan fingerprint density at radius 3 is 2.47 bits per heavy atom. The molecule has 0 aliphatic heterocycles. The number of nitro benzene ring substituents is 1. The van der Waals surface area contributed by atoms with Crippen molar-refractivity contribution >= 4 is 17.8 Å². The molecule has 0 fully saturated rings. The number of para-hydroxylation sites is 1. The van der Waals surface area contributed by atoms with Gasteiger partial charge in [0, 0.05) is 30.1 Å². The molecule has 0 atom stereocenters. The molecular weight excluding hydrogens is 384 g/mol. The van der Waals surface area contributed by atoms with Crippen LogP contribution in [0.1, 0.15) is 16.1 Å². The summed E-state index contributed by atoms with van der Waals surface area (Å²) >= 11 is 0. The molecule has 0 unspecified atom stereocenters. The highest BCUT2D eigenvalue weighted by atomic mass is 16.6. The van der Waals surface area contributed by atoms with Gasteiger partial charge in [0.2, 0.25) is 0 Å². The molecule has 0 saturated carbocycles. The third kappa shape index (κ3) is 4.02. The average molecular weight is 400 g/mol. The number of nitrogens with zero attached hydrogens (tertiary/aromatic N) is 3. The number of hydrazone groups is 1. The van der Waals surface area contributed by atoms with Gasteiger partial charge in [0.1, 0.15) is 11.5 Å². The topological polar surface area (TPSA) is 103 Å². The number of hydrogen-bond acceptors (Lipinski definition) is 5. The molecule has 0 aliphatic carbocycles. The number of nitrogens with one attached hydrogen (secondary N) is 1. The average Bonchev–Trinajstić information content (AvgIpc) is 3.46. The smallest absolute Gasteiger partial charge is 0.273 e. The Balaban J connectivity index is 1.45.